The van der Waals surface area contributed by atoms with E-state index in [0.29, 0.717) is 5.52 Å². The van der Waals surface area contributed by atoms with Crippen LogP contribution in [0.4, 0.5) is 13.2 Å². The molecule has 3 aromatic rings. The Bertz CT molecular complexity index is 1260. The number of alkyl halides is 2. The second kappa shape index (κ2) is 8.81. The Labute approximate surface area is 192 Å². The van der Waals surface area contributed by atoms with E-state index in [9.17, 15) is 18.4 Å². The minimum atomic E-state index is -3.02. The number of nitrogens with one attached hydrogen (secondary N) is 1. The lowest BCUT2D eigenvalue weighted by atomic mass is 10.0. The monoisotopic (exact) mass is 479 g/mol. The lowest BCUT2D eigenvalue weighted by molar-refractivity contribution is -0.0498. The van der Waals surface area contributed by atoms with Gasteiger partial charge in [0.1, 0.15) is 11.6 Å². The fraction of sp³-hybridized carbons (Fsp3) is 0.391. The van der Waals surface area contributed by atoms with Gasteiger partial charge in [-0.3, -0.25) is 13.9 Å². The summed E-state index contributed by atoms with van der Waals surface area (Å²) in [4.78, 5) is 26.2. The van der Waals surface area contributed by atoms with Crippen LogP contribution in [0.5, 0.6) is 5.75 Å². The highest BCUT2D eigenvalue weighted by Gasteiger charge is 2.32. The number of aromatic nitrogens is 2. The molecule has 176 valence electrons. The van der Waals surface area contributed by atoms with Gasteiger partial charge in [0.25, 0.3) is 5.91 Å². The smallest absolute Gasteiger partial charge is 0.387 e. The summed E-state index contributed by atoms with van der Waals surface area (Å²) in [5.74, 6) is 0.222. The third-order valence-corrected chi connectivity index (χ3v) is 6.99. The number of thioether (sulfide) groups is 1. The SMILES string of the molecule is CC(C)n1c(=O)n(-c2cccc(OC(F)F)c2)c2cc(F)c(C(=O)NC3(C)CCSC3)cc21. The zero-order chi connectivity index (χ0) is 23.9. The van der Waals surface area contributed by atoms with Crippen molar-refractivity contribution in [2.24, 2.45) is 0 Å². The van der Waals surface area contributed by atoms with Gasteiger partial charge in [-0.2, -0.15) is 20.5 Å². The van der Waals surface area contributed by atoms with E-state index in [1.165, 1.54) is 33.4 Å². The van der Waals surface area contributed by atoms with Crippen molar-refractivity contribution in [1.82, 2.24) is 14.5 Å². The molecule has 10 heteroatoms. The van der Waals surface area contributed by atoms with Crippen LogP contribution in [0.15, 0.2) is 41.2 Å². The number of carbonyl (C=O) groups excluding carboxylic acids is 1. The molecule has 1 unspecified atom stereocenters. The van der Waals surface area contributed by atoms with Crippen molar-refractivity contribution in [3.8, 4) is 11.4 Å². The van der Waals surface area contributed by atoms with Crippen LogP contribution in [-0.2, 0) is 0 Å². The molecular weight excluding hydrogens is 455 g/mol. The van der Waals surface area contributed by atoms with E-state index in [-0.39, 0.29) is 28.6 Å². The molecule has 1 saturated heterocycles. The zero-order valence-corrected chi connectivity index (χ0v) is 19.2. The maximum absolute atomic E-state index is 15.1. The minimum absolute atomic E-state index is 0.126. The van der Waals surface area contributed by atoms with Crippen LogP contribution in [0.3, 0.4) is 0 Å². The minimum Gasteiger partial charge on any atom is -0.435 e. The molecule has 1 amide bonds. The molecule has 0 aliphatic carbocycles. The van der Waals surface area contributed by atoms with E-state index in [1.54, 1.807) is 31.7 Å². The molecule has 0 saturated carbocycles. The molecule has 1 aromatic heterocycles. The van der Waals surface area contributed by atoms with Gasteiger partial charge in [0.2, 0.25) is 0 Å². The second-order valence-electron chi connectivity index (χ2n) is 8.60. The largest absolute Gasteiger partial charge is 0.435 e. The van der Waals surface area contributed by atoms with Gasteiger partial charge >= 0.3 is 12.3 Å². The van der Waals surface area contributed by atoms with Crippen LogP contribution in [0.2, 0.25) is 0 Å². The van der Waals surface area contributed by atoms with Crippen LogP contribution >= 0.6 is 11.8 Å². The fourth-order valence-corrected chi connectivity index (χ4v) is 5.47. The summed E-state index contributed by atoms with van der Waals surface area (Å²) in [5, 5.41) is 2.92. The first-order chi connectivity index (χ1) is 15.6. The van der Waals surface area contributed by atoms with Crippen LogP contribution in [0, 0.1) is 5.82 Å². The number of benzene rings is 2. The molecule has 1 N–H and O–H groups in total. The van der Waals surface area contributed by atoms with Crippen molar-refractivity contribution in [3.63, 3.8) is 0 Å². The summed E-state index contributed by atoms with van der Waals surface area (Å²) in [6.07, 6.45) is 0.789. The van der Waals surface area contributed by atoms with Gasteiger partial charge < -0.3 is 10.1 Å². The van der Waals surface area contributed by atoms with E-state index in [0.717, 1.165) is 24.0 Å². The molecule has 33 heavy (non-hydrogen) atoms. The molecule has 0 radical (unpaired) electrons. The van der Waals surface area contributed by atoms with E-state index < -0.39 is 29.6 Å². The number of nitrogens with zero attached hydrogens (tertiary/aromatic N) is 2. The molecule has 1 atom stereocenters. The fourth-order valence-electron chi connectivity index (χ4n) is 4.07. The Morgan fingerprint density at radius 3 is 2.61 bits per heavy atom. The van der Waals surface area contributed by atoms with Crippen LogP contribution in [-0.4, -0.2) is 38.7 Å². The van der Waals surface area contributed by atoms with Crippen molar-refractivity contribution in [3.05, 3.63) is 58.3 Å². The first kappa shape index (κ1) is 23.3. The average Bonchev–Trinajstić information content (AvgIpc) is 3.26. The van der Waals surface area contributed by atoms with Gasteiger partial charge in [-0.25, -0.2) is 9.18 Å². The number of amides is 1. The summed E-state index contributed by atoms with van der Waals surface area (Å²) < 4.78 is 47.6. The Morgan fingerprint density at radius 1 is 1.21 bits per heavy atom. The Morgan fingerprint density at radius 2 is 1.97 bits per heavy atom. The highest BCUT2D eigenvalue weighted by atomic mass is 32.2. The lowest BCUT2D eigenvalue weighted by Gasteiger charge is -2.24. The maximum Gasteiger partial charge on any atom is 0.387 e. The van der Waals surface area contributed by atoms with Crippen molar-refractivity contribution >= 4 is 28.7 Å². The first-order valence-corrected chi connectivity index (χ1v) is 11.7. The highest BCUT2D eigenvalue weighted by Crippen LogP contribution is 2.29. The number of carbonyl (C=O) groups is 1. The Balaban J connectivity index is 1.85. The number of fused-ring (bicyclic) bond motifs is 1. The standard InChI is InChI=1S/C23H24F3N3O3S/c1-13(2)28-18-10-16(20(30)27-23(3)7-8-33-12-23)17(24)11-19(18)29(22(28)31)14-5-4-6-15(9-14)32-21(25)26/h4-6,9-11,13,21H,7-8,12H2,1-3H3,(H,27,30). The van der Waals surface area contributed by atoms with E-state index in [2.05, 4.69) is 10.1 Å². The maximum atomic E-state index is 15.1. The summed E-state index contributed by atoms with van der Waals surface area (Å²) in [7, 11) is 0. The number of hydrogen-bond donors (Lipinski definition) is 1. The van der Waals surface area contributed by atoms with E-state index >= 15 is 4.39 Å². The van der Waals surface area contributed by atoms with Gasteiger partial charge in [0.15, 0.2) is 0 Å². The molecule has 2 heterocycles. The summed E-state index contributed by atoms with van der Waals surface area (Å²) in [6, 6.07) is 7.85. The molecule has 1 aliphatic heterocycles. The van der Waals surface area contributed by atoms with Crippen LogP contribution in [0.25, 0.3) is 16.7 Å². The number of halogens is 3. The van der Waals surface area contributed by atoms with E-state index in [1.807, 2.05) is 6.92 Å². The van der Waals surface area contributed by atoms with Crippen molar-refractivity contribution in [2.45, 2.75) is 45.4 Å². The number of imidazole rings is 1. The molecule has 0 bridgehead atoms. The predicted octanol–water partition coefficient (Wildman–Crippen LogP) is 4.74. The Hall–Kier alpha value is -2.88. The van der Waals surface area contributed by atoms with Crippen molar-refractivity contribution < 1.29 is 22.7 Å². The Kier molecular flexibility index (Phi) is 6.22. The predicted molar refractivity (Wildman–Crippen MR) is 122 cm³/mol. The van der Waals surface area contributed by atoms with Crippen LogP contribution in [0.1, 0.15) is 43.6 Å². The van der Waals surface area contributed by atoms with Gasteiger partial charge in [-0.1, -0.05) is 6.07 Å². The molecule has 6 nitrogen and oxygen atoms in total. The second-order valence-corrected chi connectivity index (χ2v) is 9.70. The highest BCUT2D eigenvalue weighted by molar-refractivity contribution is 7.99. The summed E-state index contributed by atoms with van der Waals surface area (Å²) in [6.45, 7) is 2.49. The van der Waals surface area contributed by atoms with Gasteiger partial charge in [-0.15, -0.1) is 0 Å². The molecule has 1 aliphatic rings. The molecule has 1 fully saturated rings. The zero-order valence-electron chi connectivity index (χ0n) is 18.4. The quantitative estimate of drug-likeness (QED) is 0.555. The molecule has 0 spiro atoms. The van der Waals surface area contributed by atoms with Gasteiger partial charge in [0, 0.05) is 29.5 Å². The van der Waals surface area contributed by atoms with Gasteiger partial charge in [-0.05, 0) is 51.1 Å². The van der Waals surface area contributed by atoms with E-state index in [4.69, 9.17) is 0 Å². The molecule has 4 rings (SSSR count). The number of hydrogen-bond acceptors (Lipinski definition) is 4. The van der Waals surface area contributed by atoms with Crippen LogP contribution < -0.4 is 15.7 Å². The summed E-state index contributed by atoms with van der Waals surface area (Å²) in [5.41, 5.74) is -0.216. The third kappa shape index (κ3) is 4.48. The van der Waals surface area contributed by atoms with Crippen molar-refractivity contribution in [2.75, 3.05) is 11.5 Å². The number of ether oxygens (including phenoxy) is 1. The normalized spacial score (nSPS) is 18.4. The summed E-state index contributed by atoms with van der Waals surface area (Å²) >= 11 is 1.72. The molecular formula is C23H24F3N3O3S. The topological polar surface area (TPSA) is 65.3 Å². The molecule has 2 aromatic carbocycles. The average molecular weight is 480 g/mol. The first-order valence-electron chi connectivity index (χ1n) is 10.5. The van der Waals surface area contributed by atoms with Crippen molar-refractivity contribution in [1.29, 1.82) is 0 Å². The third-order valence-electron chi connectivity index (χ3n) is 5.66. The van der Waals surface area contributed by atoms with Gasteiger partial charge in [0.05, 0.1) is 22.3 Å². The lowest BCUT2D eigenvalue weighted by Crippen LogP contribution is -2.46. The number of rotatable bonds is 6.